The van der Waals surface area contributed by atoms with Crippen LogP contribution in [-0.4, -0.2) is 23.5 Å². The van der Waals surface area contributed by atoms with E-state index >= 15 is 0 Å². The zero-order valence-corrected chi connectivity index (χ0v) is 13.1. The third-order valence-electron chi connectivity index (χ3n) is 3.76. The van der Waals surface area contributed by atoms with Crippen LogP contribution in [0.15, 0.2) is 24.3 Å². The summed E-state index contributed by atoms with van der Waals surface area (Å²) < 4.78 is 0. The Balaban J connectivity index is 3.12. The Hall–Kier alpha value is -1.37. The van der Waals surface area contributed by atoms with E-state index in [9.17, 15) is 0 Å². The standard InChI is InChI=1S/C17H27N3/c1-5-16(19)17(15-9-6-8-14(4)12-15)20(13(2)3)11-7-10-18/h6,8-9,12-13,16-17H,5,7,11,19H2,1-4H3. The summed E-state index contributed by atoms with van der Waals surface area (Å²) in [6, 6.07) is 11.4. The summed E-state index contributed by atoms with van der Waals surface area (Å²) in [4.78, 5) is 2.35. The SMILES string of the molecule is CCC(N)C(c1cccc(C)c1)N(CCC#N)C(C)C. The van der Waals surface area contributed by atoms with Gasteiger partial charge in [0.05, 0.1) is 12.1 Å². The number of hydrogen-bond donors (Lipinski definition) is 1. The van der Waals surface area contributed by atoms with E-state index in [0.29, 0.717) is 12.5 Å². The van der Waals surface area contributed by atoms with Gasteiger partial charge in [-0.2, -0.15) is 5.26 Å². The molecule has 2 atom stereocenters. The van der Waals surface area contributed by atoms with Crippen LogP contribution < -0.4 is 5.73 Å². The van der Waals surface area contributed by atoms with Crippen LogP contribution in [0.4, 0.5) is 0 Å². The van der Waals surface area contributed by atoms with Gasteiger partial charge in [0.2, 0.25) is 0 Å². The summed E-state index contributed by atoms with van der Waals surface area (Å²) in [6.07, 6.45) is 1.46. The summed E-state index contributed by atoms with van der Waals surface area (Å²) in [6.45, 7) is 9.33. The molecule has 0 aliphatic heterocycles. The highest BCUT2D eigenvalue weighted by atomic mass is 15.2. The fourth-order valence-electron chi connectivity index (χ4n) is 2.66. The quantitative estimate of drug-likeness (QED) is 0.828. The van der Waals surface area contributed by atoms with Crippen molar-refractivity contribution in [2.24, 2.45) is 5.73 Å². The van der Waals surface area contributed by atoms with Crippen LogP contribution in [-0.2, 0) is 0 Å². The lowest BCUT2D eigenvalue weighted by Gasteiger charge is -2.38. The van der Waals surface area contributed by atoms with Crippen molar-refractivity contribution in [1.29, 1.82) is 5.26 Å². The monoisotopic (exact) mass is 273 g/mol. The Morgan fingerprint density at radius 2 is 2.05 bits per heavy atom. The van der Waals surface area contributed by atoms with Gasteiger partial charge in [-0.1, -0.05) is 36.8 Å². The van der Waals surface area contributed by atoms with E-state index in [2.05, 4.69) is 62.9 Å². The average Bonchev–Trinajstić information content (AvgIpc) is 2.42. The van der Waals surface area contributed by atoms with Gasteiger partial charge >= 0.3 is 0 Å². The zero-order chi connectivity index (χ0) is 15.1. The summed E-state index contributed by atoms with van der Waals surface area (Å²) in [5.74, 6) is 0. The Labute approximate surface area is 123 Å². The van der Waals surface area contributed by atoms with E-state index in [1.54, 1.807) is 0 Å². The largest absolute Gasteiger partial charge is 0.326 e. The maximum atomic E-state index is 8.88. The first-order valence-electron chi connectivity index (χ1n) is 7.46. The zero-order valence-electron chi connectivity index (χ0n) is 13.1. The number of hydrogen-bond acceptors (Lipinski definition) is 3. The van der Waals surface area contributed by atoms with Crippen molar-refractivity contribution >= 4 is 0 Å². The molecular formula is C17H27N3. The fourth-order valence-corrected chi connectivity index (χ4v) is 2.66. The number of aryl methyl sites for hydroxylation is 1. The molecular weight excluding hydrogens is 246 g/mol. The van der Waals surface area contributed by atoms with Gasteiger partial charge < -0.3 is 5.73 Å². The van der Waals surface area contributed by atoms with Crippen molar-refractivity contribution in [1.82, 2.24) is 4.90 Å². The van der Waals surface area contributed by atoms with Crippen molar-refractivity contribution in [3.8, 4) is 6.07 Å². The molecule has 3 heteroatoms. The molecule has 1 rings (SSSR count). The first-order chi connectivity index (χ1) is 9.51. The summed E-state index contributed by atoms with van der Waals surface area (Å²) in [7, 11) is 0. The van der Waals surface area contributed by atoms with Crippen LogP contribution in [0.25, 0.3) is 0 Å². The topological polar surface area (TPSA) is 53.0 Å². The van der Waals surface area contributed by atoms with E-state index in [1.165, 1.54) is 11.1 Å². The molecule has 110 valence electrons. The van der Waals surface area contributed by atoms with Crippen LogP contribution >= 0.6 is 0 Å². The predicted molar refractivity (Wildman–Crippen MR) is 84.3 cm³/mol. The molecule has 0 radical (unpaired) electrons. The fraction of sp³-hybridized carbons (Fsp3) is 0.588. The van der Waals surface area contributed by atoms with Crippen LogP contribution in [0.3, 0.4) is 0 Å². The molecule has 3 nitrogen and oxygen atoms in total. The molecule has 0 saturated carbocycles. The summed E-state index contributed by atoms with van der Waals surface area (Å²) in [5, 5.41) is 8.88. The number of nitrogens with zero attached hydrogens (tertiary/aromatic N) is 2. The molecule has 0 aromatic heterocycles. The highest BCUT2D eigenvalue weighted by molar-refractivity contribution is 5.26. The lowest BCUT2D eigenvalue weighted by Crippen LogP contribution is -2.44. The highest BCUT2D eigenvalue weighted by Gasteiger charge is 2.27. The van der Waals surface area contributed by atoms with Crippen molar-refractivity contribution in [3.63, 3.8) is 0 Å². The van der Waals surface area contributed by atoms with Crippen molar-refractivity contribution in [2.75, 3.05) is 6.54 Å². The minimum Gasteiger partial charge on any atom is -0.326 e. The Morgan fingerprint density at radius 1 is 1.35 bits per heavy atom. The van der Waals surface area contributed by atoms with Gasteiger partial charge in [0.25, 0.3) is 0 Å². The number of benzene rings is 1. The Kier molecular flexibility index (Phi) is 6.70. The Morgan fingerprint density at radius 3 is 2.55 bits per heavy atom. The van der Waals surface area contributed by atoms with E-state index in [-0.39, 0.29) is 12.1 Å². The van der Waals surface area contributed by atoms with Crippen molar-refractivity contribution in [2.45, 2.75) is 58.7 Å². The van der Waals surface area contributed by atoms with Crippen molar-refractivity contribution in [3.05, 3.63) is 35.4 Å². The van der Waals surface area contributed by atoms with Gasteiger partial charge in [-0.25, -0.2) is 0 Å². The predicted octanol–water partition coefficient (Wildman–Crippen LogP) is 3.40. The number of nitrogens with two attached hydrogens (primary N) is 1. The smallest absolute Gasteiger partial charge is 0.0635 e. The molecule has 0 spiro atoms. The van der Waals surface area contributed by atoms with Crippen LogP contribution in [0, 0.1) is 18.3 Å². The second kappa shape index (κ2) is 8.04. The van der Waals surface area contributed by atoms with Gasteiger partial charge in [0.15, 0.2) is 0 Å². The maximum absolute atomic E-state index is 8.88. The molecule has 0 heterocycles. The second-order valence-corrected chi connectivity index (χ2v) is 5.67. The molecule has 0 amide bonds. The van der Waals surface area contributed by atoms with E-state index in [1.807, 2.05) is 0 Å². The van der Waals surface area contributed by atoms with E-state index in [4.69, 9.17) is 11.0 Å². The second-order valence-electron chi connectivity index (χ2n) is 5.67. The van der Waals surface area contributed by atoms with Gasteiger partial charge in [0.1, 0.15) is 0 Å². The summed E-state index contributed by atoms with van der Waals surface area (Å²) >= 11 is 0. The third-order valence-corrected chi connectivity index (χ3v) is 3.76. The Bertz CT molecular complexity index is 448. The van der Waals surface area contributed by atoms with Gasteiger partial charge in [-0.15, -0.1) is 0 Å². The minimum atomic E-state index is 0.0814. The molecule has 2 N–H and O–H groups in total. The van der Waals surface area contributed by atoms with Crippen LogP contribution in [0.1, 0.15) is 50.8 Å². The normalized spacial score (nSPS) is 14.3. The summed E-state index contributed by atoms with van der Waals surface area (Å²) in [5.41, 5.74) is 8.89. The minimum absolute atomic E-state index is 0.0814. The first-order valence-corrected chi connectivity index (χ1v) is 7.46. The van der Waals surface area contributed by atoms with E-state index in [0.717, 1.165) is 13.0 Å². The third kappa shape index (κ3) is 4.33. The van der Waals surface area contributed by atoms with E-state index < -0.39 is 0 Å². The molecule has 1 aromatic rings. The number of nitriles is 1. The first kappa shape index (κ1) is 16.7. The highest BCUT2D eigenvalue weighted by Crippen LogP contribution is 2.28. The van der Waals surface area contributed by atoms with Crippen molar-refractivity contribution < 1.29 is 0 Å². The molecule has 0 aliphatic carbocycles. The lowest BCUT2D eigenvalue weighted by atomic mass is 9.94. The molecule has 0 fully saturated rings. The van der Waals surface area contributed by atoms with Gasteiger partial charge in [0, 0.05) is 25.0 Å². The maximum Gasteiger partial charge on any atom is 0.0635 e. The molecule has 2 unspecified atom stereocenters. The van der Waals surface area contributed by atoms with Crippen LogP contribution in [0.2, 0.25) is 0 Å². The number of rotatable bonds is 7. The molecule has 0 saturated heterocycles. The molecule has 1 aromatic carbocycles. The van der Waals surface area contributed by atoms with Gasteiger partial charge in [-0.3, -0.25) is 4.90 Å². The lowest BCUT2D eigenvalue weighted by molar-refractivity contribution is 0.133. The molecule has 0 bridgehead atoms. The van der Waals surface area contributed by atoms with Gasteiger partial charge in [-0.05, 0) is 32.8 Å². The van der Waals surface area contributed by atoms with Crippen LogP contribution in [0.5, 0.6) is 0 Å². The molecule has 0 aliphatic rings. The average molecular weight is 273 g/mol. The molecule has 20 heavy (non-hydrogen) atoms.